The smallest absolute Gasteiger partial charge is 0.203 e. The van der Waals surface area contributed by atoms with Crippen LogP contribution in [0.15, 0.2) is 5.11 Å². The summed E-state index contributed by atoms with van der Waals surface area (Å²) in [5.41, 5.74) is 0. The molecule has 2 aliphatic heterocycles. The fourth-order valence-corrected chi connectivity index (χ4v) is 2.87. The van der Waals surface area contributed by atoms with Crippen LogP contribution in [0.2, 0.25) is 0 Å². The summed E-state index contributed by atoms with van der Waals surface area (Å²) in [7, 11) is 1.10. The van der Waals surface area contributed by atoms with Gasteiger partial charge in [0.15, 0.2) is 19.6 Å². The van der Waals surface area contributed by atoms with Crippen molar-refractivity contribution in [1.29, 1.82) is 0 Å². The third kappa shape index (κ3) is 5.11. The second-order valence-electron chi connectivity index (χ2n) is 6.41. The molecule has 0 unspecified atom stereocenters. The first-order valence-electron chi connectivity index (χ1n) is 8.49. The van der Waals surface area contributed by atoms with E-state index < -0.39 is 81.4 Å². The lowest BCUT2D eigenvalue weighted by Crippen LogP contribution is -2.64. The minimum Gasteiger partial charge on any atom is -0.600 e. The standard InChI is InChI=1S/C14H26N2O12/c1-16(24)15-4-25-13-11(23)12(8(20)6(3-18)26-13)28-14-10(22)9(21)7(19)5(2-17)27-14/h5-14,17-23H,2-4H2,1H3/b16-15-/t5-,6-,7-,8-,9+,10-,11-,12+,13-,14+/m1/s1. The van der Waals surface area contributed by atoms with Gasteiger partial charge in [-0.1, -0.05) is 4.86 Å². The first kappa shape index (κ1) is 23.2. The van der Waals surface area contributed by atoms with E-state index in [1.807, 2.05) is 0 Å². The minimum atomic E-state index is -1.77. The molecule has 10 atom stereocenters. The van der Waals surface area contributed by atoms with Gasteiger partial charge in [-0.2, -0.15) is 0 Å². The zero-order chi connectivity index (χ0) is 21.0. The highest BCUT2D eigenvalue weighted by Gasteiger charge is 2.50. The molecule has 2 aliphatic rings. The summed E-state index contributed by atoms with van der Waals surface area (Å²) in [5, 5.41) is 83.0. The van der Waals surface area contributed by atoms with Gasteiger partial charge in [-0.25, -0.2) is 0 Å². The van der Waals surface area contributed by atoms with E-state index in [4.69, 9.17) is 18.9 Å². The van der Waals surface area contributed by atoms with Gasteiger partial charge < -0.3 is 59.9 Å². The normalized spacial score (nSPS) is 45.2. The van der Waals surface area contributed by atoms with E-state index >= 15 is 0 Å². The quantitative estimate of drug-likeness (QED) is 0.119. The van der Waals surface area contributed by atoms with E-state index in [1.165, 1.54) is 0 Å². The molecule has 0 aliphatic carbocycles. The van der Waals surface area contributed by atoms with Crippen LogP contribution in [-0.4, -0.2) is 129 Å². The Balaban J connectivity index is 2.12. The van der Waals surface area contributed by atoms with Gasteiger partial charge in [0, 0.05) is 0 Å². The maximum atomic E-state index is 10.8. The summed E-state index contributed by atoms with van der Waals surface area (Å²) in [6.07, 6.45) is -15.5. The van der Waals surface area contributed by atoms with Crippen molar-refractivity contribution in [3.05, 3.63) is 5.21 Å². The second kappa shape index (κ2) is 10.1. The van der Waals surface area contributed by atoms with E-state index in [2.05, 4.69) is 5.11 Å². The van der Waals surface area contributed by atoms with Crippen molar-refractivity contribution in [2.45, 2.75) is 61.4 Å². The molecule has 7 N–H and O–H groups in total. The average molecular weight is 414 g/mol. The topological polar surface area (TPSA) is 217 Å². The molecule has 2 fully saturated rings. The molecular formula is C14H26N2O12. The number of hydrogen-bond acceptors (Lipinski definition) is 13. The van der Waals surface area contributed by atoms with Gasteiger partial charge in [-0.05, 0) is 5.11 Å². The summed E-state index contributed by atoms with van der Waals surface area (Å²) in [6, 6.07) is 0. The van der Waals surface area contributed by atoms with E-state index in [1.54, 1.807) is 0 Å². The molecule has 0 radical (unpaired) electrons. The van der Waals surface area contributed by atoms with Crippen LogP contribution in [0.1, 0.15) is 0 Å². The lowest BCUT2D eigenvalue weighted by molar-refractivity contribution is -0.505. The molecule has 0 aromatic rings. The van der Waals surface area contributed by atoms with Gasteiger partial charge in [0.1, 0.15) is 48.8 Å². The molecule has 0 spiro atoms. The van der Waals surface area contributed by atoms with Crippen molar-refractivity contribution in [2.24, 2.45) is 5.11 Å². The van der Waals surface area contributed by atoms with Crippen LogP contribution < -0.4 is 0 Å². The Bertz CT molecular complexity index is 519. The third-order valence-corrected chi connectivity index (χ3v) is 4.46. The first-order valence-corrected chi connectivity index (χ1v) is 8.49. The van der Waals surface area contributed by atoms with Gasteiger partial charge in [0.2, 0.25) is 6.73 Å². The maximum Gasteiger partial charge on any atom is 0.203 e. The summed E-state index contributed by atoms with van der Waals surface area (Å²) in [5.74, 6) is 0. The maximum absolute atomic E-state index is 10.8. The van der Waals surface area contributed by atoms with E-state index in [0.717, 1.165) is 7.05 Å². The number of rotatable bonds is 7. The summed E-state index contributed by atoms with van der Waals surface area (Å²) >= 11 is 0. The lowest BCUT2D eigenvalue weighted by Gasteiger charge is -2.45. The van der Waals surface area contributed by atoms with Crippen molar-refractivity contribution < 1.29 is 59.6 Å². The number of hydroxylamine groups is 1. The molecule has 14 heteroatoms. The second-order valence-corrected chi connectivity index (χ2v) is 6.41. The highest BCUT2D eigenvalue weighted by Crippen LogP contribution is 2.29. The molecule has 0 aromatic carbocycles. The van der Waals surface area contributed by atoms with Crippen LogP contribution in [0.5, 0.6) is 0 Å². The Morgan fingerprint density at radius 2 is 1.43 bits per heavy atom. The van der Waals surface area contributed by atoms with Crippen LogP contribution in [0.25, 0.3) is 0 Å². The van der Waals surface area contributed by atoms with E-state index in [9.17, 15) is 41.0 Å². The zero-order valence-electron chi connectivity index (χ0n) is 15.0. The number of hydrogen-bond donors (Lipinski definition) is 7. The molecule has 2 heterocycles. The predicted molar refractivity (Wildman–Crippen MR) is 84.3 cm³/mol. The van der Waals surface area contributed by atoms with Crippen molar-refractivity contribution in [3.63, 3.8) is 0 Å². The van der Waals surface area contributed by atoms with Crippen LogP contribution in [0.3, 0.4) is 0 Å². The van der Waals surface area contributed by atoms with Gasteiger partial charge in [0.25, 0.3) is 0 Å². The van der Waals surface area contributed by atoms with Crippen molar-refractivity contribution >= 4 is 0 Å². The van der Waals surface area contributed by atoms with Crippen LogP contribution in [0, 0.1) is 5.21 Å². The highest BCUT2D eigenvalue weighted by atomic mass is 16.7. The van der Waals surface area contributed by atoms with Gasteiger partial charge in [-0.3, -0.25) is 0 Å². The van der Waals surface area contributed by atoms with Crippen LogP contribution in [-0.2, 0) is 18.9 Å². The third-order valence-electron chi connectivity index (χ3n) is 4.46. The lowest BCUT2D eigenvalue weighted by atomic mass is 9.97. The Hall–Kier alpha value is -1.04. The zero-order valence-corrected chi connectivity index (χ0v) is 15.0. The Morgan fingerprint density at radius 3 is 2.00 bits per heavy atom. The van der Waals surface area contributed by atoms with Gasteiger partial charge in [-0.15, -0.1) is 0 Å². The number of nitrogens with zero attached hydrogens (tertiary/aromatic N) is 2. The monoisotopic (exact) mass is 414 g/mol. The Labute approximate surface area is 159 Å². The molecule has 0 aromatic heterocycles. The molecule has 0 bridgehead atoms. The Morgan fingerprint density at radius 1 is 0.857 bits per heavy atom. The molecule has 2 rings (SSSR count). The fraction of sp³-hybridized carbons (Fsp3) is 1.00. The molecule has 28 heavy (non-hydrogen) atoms. The van der Waals surface area contributed by atoms with Crippen LogP contribution >= 0.6 is 0 Å². The summed E-state index contributed by atoms with van der Waals surface area (Å²) in [4.78, 5) is 0.218. The number of ether oxygens (including phenoxy) is 4. The number of aliphatic hydroxyl groups is 7. The minimum absolute atomic E-state index is 0.218. The van der Waals surface area contributed by atoms with Crippen molar-refractivity contribution in [1.82, 2.24) is 0 Å². The molecule has 2 saturated heterocycles. The molecule has 0 amide bonds. The first-order chi connectivity index (χ1) is 13.2. The Kier molecular flexibility index (Phi) is 8.41. The molecule has 14 nitrogen and oxygen atoms in total. The average Bonchev–Trinajstić information content (AvgIpc) is 2.66. The van der Waals surface area contributed by atoms with Crippen molar-refractivity contribution in [3.8, 4) is 0 Å². The summed E-state index contributed by atoms with van der Waals surface area (Å²) in [6.45, 7) is -1.87. The van der Waals surface area contributed by atoms with Gasteiger partial charge in [0.05, 0.1) is 13.2 Å². The van der Waals surface area contributed by atoms with E-state index in [-0.39, 0.29) is 4.86 Å². The SMILES string of the molecule is C/[N+]([O-])=N/CO[C@@H]1O[C@H](CO)[C@@H](O)[C@H](O[C@@H]2O[C@H](CO)[C@@H](O)[C@H](O)[C@H]2O)[C@H]1O. The largest absolute Gasteiger partial charge is 0.600 e. The molecular weight excluding hydrogens is 388 g/mol. The molecule has 0 saturated carbocycles. The summed E-state index contributed by atoms with van der Waals surface area (Å²) < 4.78 is 20.9. The predicted octanol–water partition coefficient (Wildman–Crippen LogP) is -4.82. The fourth-order valence-electron chi connectivity index (χ4n) is 2.87. The number of azo groups is 1. The molecule has 164 valence electrons. The van der Waals surface area contributed by atoms with E-state index in [0.29, 0.717) is 0 Å². The van der Waals surface area contributed by atoms with Crippen molar-refractivity contribution in [2.75, 3.05) is 27.0 Å². The highest BCUT2D eigenvalue weighted by molar-refractivity contribution is 4.94. The van der Waals surface area contributed by atoms with Crippen LogP contribution in [0.4, 0.5) is 0 Å². The number of aliphatic hydroxyl groups excluding tert-OH is 7. The van der Waals surface area contributed by atoms with Gasteiger partial charge >= 0.3 is 0 Å².